The van der Waals surface area contributed by atoms with Crippen LogP contribution >= 0.6 is 11.8 Å². The number of hydrogen-bond donors (Lipinski definition) is 1. The number of nitrogens with zero attached hydrogens (tertiary/aromatic N) is 5. The summed E-state index contributed by atoms with van der Waals surface area (Å²) in [6.45, 7) is 1.86. The number of aromatic nitrogens is 4. The zero-order valence-electron chi connectivity index (χ0n) is 14.4. The number of hydrogen-bond acceptors (Lipinski definition) is 6. The Hall–Kier alpha value is -2.94. The van der Waals surface area contributed by atoms with Crippen LogP contribution in [0, 0.1) is 5.82 Å². The maximum absolute atomic E-state index is 13.0. The topological polar surface area (TPSA) is 75.9 Å². The molecule has 1 aliphatic heterocycles. The van der Waals surface area contributed by atoms with Crippen molar-refractivity contribution in [2.75, 3.05) is 34.8 Å². The summed E-state index contributed by atoms with van der Waals surface area (Å²) in [4.78, 5) is 23.0. The molecule has 0 unspecified atom stereocenters. The lowest BCUT2D eigenvalue weighted by molar-refractivity contribution is 0.102. The number of amides is 1. The van der Waals surface area contributed by atoms with Crippen molar-refractivity contribution < 1.29 is 9.18 Å². The van der Waals surface area contributed by atoms with Crippen molar-refractivity contribution in [2.45, 2.75) is 0 Å². The van der Waals surface area contributed by atoms with Crippen molar-refractivity contribution in [1.82, 2.24) is 19.7 Å². The van der Waals surface area contributed by atoms with E-state index < -0.39 is 0 Å². The Labute approximate surface area is 159 Å². The molecule has 4 rings (SSSR count). The fraction of sp³-hybridized carbons (Fsp3) is 0.222. The number of anilines is 2. The molecule has 1 aromatic carbocycles. The minimum absolute atomic E-state index is 0.328. The number of carbonyl (C=O) groups is 1. The van der Waals surface area contributed by atoms with Gasteiger partial charge in [0.05, 0.1) is 24.3 Å². The highest BCUT2D eigenvalue weighted by molar-refractivity contribution is 7.99. The van der Waals surface area contributed by atoms with Gasteiger partial charge in [0, 0.05) is 30.2 Å². The molecule has 0 saturated carbocycles. The van der Waals surface area contributed by atoms with Crippen LogP contribution in [0.15, 0.2) is 49.2 Å². The van der Waals surface area contributed by atoms with Gasteiger partial charge in [-0.2, -0.15) is 16.9 Å². The molecule has 2 aromatic heterocycles. The average Bonchev–Trinajstić information content (AvgIpc) is 3.17. The van der Waals surface area contributed by atoms with Gasteiger partial charge in [-0.1, -0.05) is 0 Å². The molecule has 27 heavy (non-hydrogen) atoms. The fourth-order valence-electron chi connectivity index (χ4n) is 2.83. The molecule has 9 heteroatoms. The van der Waals surface area contributed by atoms with Crippen LogP contribution in [0.4, 0.5) is 15.8 Å². The van der Waals surface area contributed by atoms with Gasteiger partial charge in [0.2, 0.25) is 0 Å². The Bertz CT molecular complexity index is 939. The summed E-state index contributed by atoms with van der Waals surface area (Å²) in [5.74, 6) is 2.08. The standard InChI is InChI=1S/C18H17FN6OS/c19-14-3-1-13(2-4-14)18(26)23-15-9-22-25(11-15)17-16(10-20-12-21-17)24-5-7-27-8-6-24/h1-4,9-12H,5-8H2,(H,23,26). The summed E-state index contributed by atoms with van der Waals surface area (Å²) in [6.07, 6.45) is 6.53. The molecule has 3 heterocycles. The molecule has 0 spiro atoms. The molecular weight excluding hydrogens is 367 g/mol. The SMILES string of the molecule is O=C(Nc1cnn(-c2ncncc2N2CCSCC2)c1)c1ccc(F)cc1. The molecule has 138 valence electrons. The maximum atomic E-state index is 13.0. The molecule has 1 fully saturated rings. The zero-order chi connectivity index (χ0) is 18.6. The Kier molecular flexibility index (Phi) is 5.01. The molecule has 1 N–H and O–H groups in total. The number of rotatable bonds is 4. The van der Waals surface area contributed by atoms with Gasteiger partial charge in [-0.25, -0.2) is 19.0 Å². The second kappa shape index (κ2) is 7.75. The van der Waals surface area contributed by atoms with Crippen molar-refractivity contribution in [3.05, 3.63) is 60.6 Å². The number of nitrogens with one attached hydrogen (secondary N) is 1. The third kappa shape index (κ3) is 3.92. The van der Waals surface area contributed by atoms with Crippen LogP contribution < -0.4 is 10.2 Å². The molecule has 3 aromatic rings. The third-order valence-corrected chi connectivity index (χ3v) is 5.13. The van der Waals surface area contributed by atoms with Gasteiger partial charge in [-0.05, 0) is 24.3 Å². The Morgan fingerprint density at radius 1 is 1.15 bits per heavy atom. The molecule has 1 saturated heterocycles. The zero-order valence-corrected chi connectivity index (χ0v) is 15.2. The lowest BCUT2D eigenvalue weighted by Crippen LogP contribution is -2.33. The number of benzene rings is 1. The van der Waals surface area contributed by atoms with Crippen LogP contribution in [0.1, 0.15) is 10.4 Å². The first kappa shape index (κ1) is 17.5. The van der Waals surface area contributed by atoms with Gasteiger partial charge < -0.3 is 10.2 Å². The van der Waals surface area contributed by atoms with E-state index in [1.807, 2.05) is 11.8 Å². The molecule has 1 amide bonds. The van der Waals surface area contributed by atoms with E-state index in [1.165, 1.54) is 30.6 Å². The van der Waals surface area contributed by atoms with Crippen molar-refractivity contribution in [3.8, 4) is 5.82 Å². The van der Waals surface area contributed by atoms with Crippen molar-refractivity contribution in [1.29, 1.82) is 0 Å². The molecule has 0 radical (unpaired) electrons. The highest BCUT2D eigenvalue weighted by atomic mass is 32.2. The summed E-state index contributed by atoms with van der Waals surface area (Å²) in [5.41, 5.74) is 1.82. The highest BCUT2D eigenvalue weighted by Gasteiger charge is 2.18. The average molecular weight is 384 g/mol. The van der Waals surface area contributed by atoms with Gasteiger partial charge in [-0.15, -0.1) is 0 Å². The predicted octanol–water partition coefficient (Wildman–Crippen LogP) is 2.61. The highest BCUT2D eigenvalue weighted by Crippen LogP contribution is 2.24. The van der Waals surface area contributed by atoms with Crippen LogP contribution in [0.3, 0.4) is 0 Å². The number of halogens is 1. The van der Waals surface area contributed by atoms with E-state index in [4.69, 9.17) is 0 Å². The molecule has 0 bridgehead atoms. The van der Waals surface area contributed by atoms with Crippen LogP contribution in [0.25, 0.3) is 5.82 Å². The van der Waals surface area contributed by atoms with Crippen LogP contribution in [-0.2, 0) is 0 Å². The summed E-state index contributed by atoms with van der Waals surface area (Å²) < 4.78 is 14.6. The third-order valence-electron chi connectivity index (χ3n) is 4.19. The van der Waals surface area contributed by atoms with E-state index in [1.54, 1.807) is 23.3 Å². The van der Waals surface area contributed by atoms with E-state index in [2.05, 4.69) is 25.3 Å². The van der Waals surface area contributed by atoms with Crippen molar-refractivity contribution >= 4 is 29.0 Å². The smallest absolute Gasteiger partial charge is 0.255 e. The molecule has 0 aliphatic carbocycles. The minimum Gasteiger partial charge on any atom is -0.366 e. The second-order valence-electron chi connectivity index (χ2n) is 5.97. The predicted molar refractivity (Wildman–Crippen MR) is 103 cm³/mol. The fourth-order valence-corrected chi connectivity index (χ4v) is 3.73. The molecule has 7 nitrogen and oxygen atoms in total. The van der Waals surface area contributed by atoms with Crippen LogP contribution in [-0.4, -0.2) is 50.3 Å². The van der Waals surface area contributed by atoms with Gasteiger partial charge in [0.25, 0.3) is 5.91 Å². The van der Waals surface area contributed by atoms with Gasteiger partial charge in [0.1, 0.15) is 17.8 Å². The van der Waals surface area contributed by atoms with Gasteiger partial charge in [0.15, 0.2) is 5.82 Å². The van der Waals surface area contributed by atoms with E-state index in [0.717, 1.165) is 30.3 Å². The molecule has 1 aliphatic rings. The number of carbonyl (C=O) groups excluding carboxylic acids is 1. The van der Waals surface area contributed by atoms with Crippen molar-refractivity contribution in [3.63, 3.8) is 0 Å². The van der Waals surface area contributed by atoms with E-state index in [-0.39, 0.29) is 11.7 Å². The second-order valence-corrected chi connectivity index (χ2v) is 7.19. The van der Waals surface area contributed by atoms with Crippen LogP contribution in [0.2, 0.25) is 0 Å². The van der Waals surface area contributed by atoms with Gasteiger partial charge >= 0.3 is 0 Å². The summed E-state index contributed by atoms with van der Waals surface area (Å²) in [5, 5.41) is 7.08. The van der Waals surface area contributed by atoms with Crippen molar-refractivity contribution in [2.24, 2.45) is 0 Å². The Morgan fingerprint density at radius 2 is 1.93 bits per heavy atom. The molecule has 0 atom stereocenters. The largest absolute Gasteiger partial charge is 0.366 e. The first-order valence-electron chi connectivity index (χ1n) is 8.45. The Balaban J connectivity index is 1.54. The summed E-state index contributed by atoms with van der Waals surface area (Å²) in [6, 6.07) is 5.38. The minimum atomic E-state index is -0.383. The molecular formula is C18H17FN6OS. The number of thioether (sulfide) groups is 1. The monoisotopic (exact) mass is 384 g/mol. The quantitative estimate of drug-likeness (QED) is 0.745. The first-order valence-corrected chi connectivity index (χ1v) is 9.61. The van der Waals surface area contributed by atoms with Crippen LogP contribution in [0.5, 0.6) is 0 Å². The Morgan fingerprint density at radius 3 is 2.70 bits per heavy atom. The lowest BCUT2D eigenvalue weighted by Gasteiger charge is -2.29. The first-order chi connectivity index (χ1) is 13.2. The van der Waals surface area contributed by atoms with Gasteiger partial charge in [-0.3, -0.25) is 4.79 Å². The summed E-state index contributed by atoms with van der Waals surface area (Å²) >= 11 is 1.93. The maximum Gasteiger partial charge on any atom is 0.255 e. The van der Waals surface area contributed by atoms with E-state index >= 15 is 0 Å². The lowest BCUT2D eigenvalue weighted by atomic mass is 10.2. The van der Waals surface area contributed by atoms with E-state index in [0.29, 0.717) is 17.1 Å². The van der Waals surface area contributed by atoms with E-state index in [9.17, 15) is 9.18 Å². The summed E-state index contributed by atoms with van der Waals surface area (Å²) in [7, 11) is 0. The normalized spacial score (nSPS) is 14.2.